The summed E-state index contributed by atoms with van der Waals surface area (Å²) < 4.78 is 0. The molecule has 2 fully saturated rings. The molecule has 2 aliphatic carbocycles. The summed E-state index contributed by atoms with van der Waals surface area (Å²) in [6.45, 7) is 6.28. The van der Waals surface area contributed by atoms with Crippen LogP contribution in [-0.4, -0.2) is 25.5 Å². The van der Waals surface area contributed by atoms with Gasteiger partial charge >= 0.3 is 0 Å². The molecular weight excluding hydrogens is 368 g/mol. The van der Waals surface area contributed by atoms with E-state index in [1.807, 2.05) is 24.3 Å². The summed E-state index contributed by atoms with van der Waals surface area (Å²) in [4.78, 5) is 12.8. The lowest BCUT2D eigenvalue weighted by molar-refractivity contribution is 0.0682. The number of carbonyl (C=O) groups is 1. The zero-order chi connectivity index (χ0) is 19.1. The van der Waals surface area contributed by atoms with E-state index >= 15 is 0 Å². The van der Waals surface area contributed by atoms with Gasteiger partial charge in [0.25, 0.3) is 5.91 Å². The molecule has 2 saturated carbocycles. The normalized spacial score (nSPS) is 23.5. The summed E-state index contributed by atoms with van der Waals surface area (Å²) in [6, 6.07) is 5.85. The van der Waals surface area contributed by atoms with Crippen LogP contribution in [0.15, 0.2) is 30.9 Å². The van der Waals surface area contributed by atoms with Crippen molar-refractivity contribution in [3.05, 3.63) is 54.4 Å². The van der Waals surface area contributed by atoms with Gasteiger partial charge < -0.3 is 10.6 Å². The zero-order valence-electron chi connectivity index (χ0n) is 17.1. The first-order chi connectivity index (χ1) is 13.1. The quantitative estimate of drug-likeness (QED) is 0.425. The van der Waals surface area contributed by atoms with Crippen molar-refractivity contribution in [2.45, 2.75) is 57.8 Å². The maximum absolute atomic E-state index is 12.8. The van der Waals surface area contributed by atoms with E-state index in [0.717, 1.165) is 38.4 Å². The topological polar surface area (TPSA) is 41.1 Å². The molecule has 4 heteroatoms. The SMILES string of the molecule is C=CCNCCCc1ccc(Cl)c(C(=O)NCC23CCCC(CCC2)C3)c1.[CH2]. The summed E-state index contributed by atoms with van der Waals surface area (Å²) in [5.41, 5.74) is 2.11. The van der Waals surface area contributed by atoms with Crippen LogP contribution in [0, 0.1) is 18.8 Å². The molecule has 0 unspecified atom stereocenters. The molecule has 0 aromatic heterocycles. The minimum absolute atomic E-state index is 0. The molecule has 1 aromatic rings. The number of hydrogen-bond acceptors (Lipinski definition) is 2. The number of aryl methyl sites for hydroxylation is 1. The summed E-state index contributed by atoms with van der Waals surface area (Å²) in [6.07, 6.45) is 13.0. The van der Waals surface area contributed by atoms with Crippen molar-refractivity contribution in [3.63, 3.8) is 0 Å². The van der Waals surface area contributed by atoms with Crippen molar-refractivity contribution in [2.75, 3.05) is 19.6 Å². The average molecular weight is 403 g/mol. The van der Waals surface area contributed by atoms with E-state index in [2.05, 4.69) is 17.2 Å². The van der Waals surface area contributed by atoms with E-state index in [1.54, 1.807) is 0 Å². The third-order valence-electron chi connectivity index (χ3n) is 6.37. The highest BCUT2D eigenvalue weighted by atomic mass is 35.5. The second-order valence-corrected chi connectivity index (χ2v) is 8.86. The van der Waals surface area contributed by atoms with Crippen LogP contribution in [0.4, 0.5) is 0 Å². The Morgan fingerprint density at radius 3 is 2.75 bits per heavy atom. The summed E-state index contributed by atoms with van der Waals surface area (Å²) in [5.74, 6) is 0.861. The van der Waals surface area contributed by atoms with Gasteiger partial charge in [-0.05, 0) is 67.7 Å². The lowest BCUT2D eigenvalue weighted by Gasteiger charge is -2.45. The van der Waals surface area contributed by atoms with Gasteiger partial charge in [0, 0.05) is 13.1 Å². The maximum Gasteiger partial charge on any atom is 0.252 e. The van der Waals surface area contributed by atoms with Gasteiger partial charge in [0.1, 0.15) is 0 Å². The van der Waals surface area contributed by atoms with Crippen LogP contribution in [0.2, 0.25) is 5.02 Å². The number of amides is 1. The molecule has 3 rings (SSSR count). The Balaban J connectivity index is 0.00000280. The van der Waals surface area contributed by atoms with Crippen molar-refractivity contribution in [2.24, 2.45) is 11.3 Å². The molecule has 0 atom stereocenters. The molecule has 0 heterocycles. The Labute approximate surface area is 176 Å². The largest absolute Gasteiger partial charge is 0.351 e. The Hall–Kier alpha value is -1.32. The molecule has 2 bridgehead atoms. The van der Waals surface area contributed by atoms with Gasteiger partial charge in [0.2, 0.25) is 0 Å². The standard InChI is InChI=1S/C23H33ClN2O.CH2/c1-2-13-25-14-5-8-18-9-10-21(24)20(15-18)22(27)26-17-23-11-3-6-19(16-23)7-4-12-23;/h2,9-10,15,19,25H,1,3-8,11-14,16-17H2,(H,26,27);1H2. The molecule has 28 heavy (non-hydrogen) atoms. The fraction of sp³-hybridized carbons (Fsp3) is 0.583. The summed E-state index contributed by atoms with van der Waals surface area (Å²) in [7, 11) is 0. The number of rotatable bonds is 9. The third kappa shape index (κ3) is 6.09. The fourth-order valence-corrected chi connectivity index (χ4v) is 5.16. The number of halogens is 1. The summed E-state index contributed by atoms with van der Waals surface area (Å²) in [5, 5.41) is 7.07. The highest BCUT2D eigenvalue weighted by Gasteiger charge is 2.39. The van der Waals surface area contributed by atoms with Crippen LogP contribution < -0.4 is 10.6 Å². The van der Waals surface area contributed by atoms with Gasteiger partial charge in [-0.15, -0.1) is 6.58 Å². The Morgan fingerprint density at radius 2 is 2.04 bits per heavy atom. The minimum atomic E-state index is -0.0197. The number of hydrogen-bond donors (Lipinski definition) is 2. The van der Waals surface area contributed by atoms with Gasteiger partial charge in [0.15, 0.2) is 0 Å². The van der Waals surface area contributed by atoms with E-state index in [9.17, 15) is 4.79 Å². The predicted octanol–water partition coefficient (Wildman–Crippen LogP) is 5.47. The fourth-order valence-electron chi connectivity index (χ4n) is 4.96. The van der Waals surface area contributed by atoms with Crippen molar-refractivity contribution >= 4 is 17.5 Å². The number of fused-ring (bicyclic) bond motifs is 2. The highest BCUT2D eigenvalue weighted by Crippen LogP contribution is 2.48. The number of carbonyl (C=O) groups excluding carboxylic acids is 1. The van der Waals surface area contributed by atoms with E-state index in [0.29, 0.717) is 16.0 Å². The number of nitrogens with one attached hydrogen (secondary N) is 2. The molecule has 1 amide bonds. The smallest absolute Gasteiger partial charge is 0.252 e. The molecule has 0 saturated heterocycles. The van der Waals surface area contributed by atoms with Crippen molar-refractivity contribution in [1.29, 1.82) is 0 Å². The monoisotopic (exact) mass is 402 g/mol. The van der Waals surface area contributed by atoms with Crippen LogP contribution in [0.3, 0.4) is 0 Å². The maximum atomic E-state index is 12.8. The molecule has 154 valence electrons. The third-order valence-corrected chi connectivity index (χ3v) is 6.70. The molecule has 2 radical (unpaired) electrons. The van der Waals surface area contributed by atoms with Gasteiger partial charge in [-0.25, -0.2) is 0 Å². The van der Waals surface area contributed by atoms with E-state index in [-0.39, 0.29) is 13.3 Å². The first-order valence-corrected chi connectivity index (χ1v) is 10.9. The highest BCUT2D eigenvalue weighted by molar-refractivity contribution is 6.33. The molecule has 1 aromatic carbocycles. The second-order valence-electron chi connectivity index (χ2n) is 8.45. The van der Waals surface area contributed by atoms with Crippen LogP contribution in [0.5, 0.6) is 0 Å². The zero-order valence-corrected chi connectivity index (χ0v) is 17.8. The molecule has 2 aliphatic rings. The van der Waals surface area contributed by atoms with E-state index in [1.165, 1.54) is 50.5 Å². The lowest BCUT2D eigenvalue weighted by atomic mass is 9.62. The molecular formula is C24H35ClN2O. The Morgan fingerprint density at radius 1 is 1.29 bits per heavy atom. The molecule has 3 nitrogen and oxygen atoms in total. The van der Waals surface area contributed by atoms with Crippen molar-refractivity contribution in [3.8, 4) is 0 Å². The molecule has 0 spiro atoms. The summed E-state index contributed by atoms with van der Waals surface area (Å²) >= 11 is 6.33. The average Bonchev–Trinajstić information content (AvgIpc) is 2.67. The van der Waals surface area contributed by atoms with Gasteiger partial charge in [0.05, 0.1) is 10.6 Å². The van der Waals surface area contributed by atoms with Crippen LogP contribution in [0.25, 0.3) is 0 Å². The van der Waals surface area contributed by atoms with Crippen molar-refractivity contribution < 1.29 is 4.79 Å². The van der Waals surface area contributed by atoms with E-state index in [4.69, 9.17) is 11.6 Å². The Kier molecular flexibility index (Phi) is 9.04. The number of benzene rings is 1. The lowest BCUT2D eigenvalue weighted by Crippen LogP contribution is -2.43. The molecule has 2 N–H and O–H groups in total. The molecule has 0 aliphatic heterocycles. The van der Waals surface area contributed by atoms with Crippen LogP contribution in [-0.2, 0) is 6.42 Å². The van der Waals surface area contributed by atoms with Gasteiger partial charge in [-0.3, -0.25) is 4.79 Å². The van der Waals surface area contributed by atoms with Crippen LogP contribution in [0.1, 0.15) is 67.3 Å². The van der Waals surface area contributed by atoms with Gasteiger partial charge in [-0.2, -0.15) is 0 Å². The second kappa shape index (κ2) is 11.0. The van der Waals surface area contributed by atoms with Crippen LogP contribution >= 0.6 is 11.6 Å². The van der Waals surface area contributed by atoms with Crippen molar-refractivity contribution in [1.82, 2.24) is 10.6 Å². The predicted molar refractivity (Wildman–Crippen MR) is 119 cm³/mol. The Bertz CT molecular complexity index is 648. The van der Waals surface area contributed by atoms with E-state index < -0.39 is 0 Å². The van der Waals surface area contributed by atoms with Gasteiger partial charge in [-0.1, -0.05) is 56.9 Å². The minimum Gasteiger partial charge on any atom is -0.351 e. The first-order valence-electron chi connectivity index (χ1n) is 10.5. The first kappa shape index (κ1) is 23.0.